The number of hydrogen-bond donors (Lipinski definition) is 3. The first kappa shape index (κ1) is 28.1. The molecule has 9 nitrogen and oxygen atoms in total. The number of ether oxygens (including phenoxy) is 1. The number of carbonyl (C=O) groups is 1. The fraction of sp³-hybridized carbons (Fsp3) is 0.0968. The van der Waals surface area contributed by atoms with Crippen molar-refractivity contribution in [2.75, 3.05) is 0 Å². The van der Waals surface area contributed by atoms with Gasteiger partial charge in [-0.25, -0.2) is 9.18 Å². The second kappa shape index (κ2) is 11.2. The summed E-state index contributed by atoms with van der Waals surface area (Å²) >= 11 is 6.29. The van der Waals surface area contributed by atoms with Crippen molar-refractivity contribution in [2.24, 2.45) is 10.2 Å². The van der Waals surface area contributed by atoms with Gasteiger partial charge in [0.2, 0.25) is 5.88 Å². The third-order valence-electron chi connectivity index (χ3n) is 6.62. The Morgan fingerprint density at radius 2 is 1.76 bits per heavy atom. The summed E-state index contributed by atoms with van der Waals surface area (Å²) < 4.78 is 20.1. The van der Waals surface area contributed by atoms with Crippen LogP contribution < -0.4 is 4.74 Å². The molecule has 0 atom stereocenters. The minimum atomic E-state index is -1.70. The van der Waals surface area contributed by atoms with Gasteiger partial charge in [0.05, 0.1) is 17.1 Å². The number of fused-ring (bicyclic) bond motifs is 1. The van der Waals surface area contributed by atoms with Gasteiger partial charge in [-0.3, -0.25) is 4.57 Å². The number of phenolic OH excluding ortho intramolecular Hbond substituents is 1. The highest BCUT2D eigenvalue weighted by Gasteiger charge is 2.20. The number of aromatic hydroxyl groups is 2. The third-order valence-corrected chi connectivity index (χ3v) is 6.83. The molecule has 0 saturated heterocycles. The van der Waals surface area contributed by atoms with Crippen molar-refractivity contribution < 1.29 is 29.2 Å². The average molecular weight is 585 g/mol. The molecular weight excluding hydrogens is 563 g/mol. The molecule has 0 unspecified atom stereocenters. The van der Waals surface area contributed by atoms with Crippen LogP contribution in [0.3, 0.4) is 0 Å². The van der Waals surface area contributed by atoms with Crippen molar-refractivity contribution in [2.45, 2.75) is 19.8 Å². The zero-order valence-electron chi connectivity index (χ0n) is 22.2. The Morgan fingerprint density at radius 3 is 2.43 bits per heavy atom. The van der Waals surface area contributed by atoms with Gasteiger partial charge >= 0.3 is 6.16 Å². The van der Waals surface area contributed by atoms with E-state index in [1.54, 1.807) is 22.8 Å². The third kappa shape index (κ3) is 5.33. The molecular formula is C31H22ClFN4O5. The molecule has 0 spiro atoms. The molecule has 5 aromatic rings. The number of rotatable bonds is 6. The first-order valence-electron chi connectivity index (χ1n) is 12.6. The molecule has 42 heavy (non-hydrogen) atoms. The second-order valence-electron chi connectivity index (χ2n) is 9.63. The predicted octanol–water partition coefficient (Wildman–Crippen LogP) is 8.97. The van der Waals surface area contributed by atoms with E-state index < -0.39 is 17.7 Å². The number of hydrogen-bond acceptors (Lipinski definition) is 7. The van der Waals surface area contributed by atoms with Crippen LogP contribution in [-0.2, 0) is 0 Å². The number of nitriles is 1. The van der Waals surface area contributed by atoms with Crippen LogP contribution in [-0.4, -0.2) is 26.0 Å². The van der Waals surface area contributed by atoms with Crippen LogP contribution in [0.4, 0.5) is 20.6 Å². The van der Waals surface area contributed by atoms with Crippen LogP contribution in [0.1, 0.15) is 30.9 Å². The van der Waals surface area contributed by atoms with E-state index in [2.05, 4.69) is 34.9 Å². The molecule has 5 rings (SSSR count). The average Bonchev–Trinajstić information content (AvgIpc) is 3.24. The first-order valence-corrected chi connectivity index (χ1v) is 13.0. The van der Waals surface area contributed by atoms with Crippen LogP contribution in [0.15, 0.2) is 83.0 Å². The molecule has 0 aliphatic rings. The van der Waals surface area contributed by atoms with Crippen LogP contribution in [0.2, 0.25) is 5.02 Å². The maximum Gasteiger partial charge on any atom is 0.511 e. The summed E-state index contributed by atoms with van der Waals surface area (Å²) in [4.78, 5) is 10.9. The molecule has 0 amide bonds. The van der Waals surface area contributed by atoms with Crippen molar-refractivity contribution in [1.29, 1.82) is 5.26 Å². The molecule has 4 aromatic carbocycles. The summed E-state index contributed by atoms with van der Waals surface area (Å²) in [7, 11) is 0. The maximum absolute atomic E-state index is 14.1. The van der Waals surface area contributed by atoms with Gasteiger partial charge in [-0.05, 0) is 71.6 Å². The summed E-state index contributed by atoms with van der Waals surface area (Å²) in [5, 5.41) is 49.8. The molecule has 210 valence electrons. The van der Waals surface area contributed by atoms with Gasteiger partial charge in [-0.15, -0.1) is 10.2 Å². The molecule has 1 aromatic heterocycles. The Bertz CT molecular complexity index is 1930. The largest absolute Gasteiger partial charge is 0.511 e. The van der Waals surface area contributed by atoms with Gasteiger partial charge < -0.3 is 20.1 Å². The molecule has 0 fully saturated rings. The molecule has 0 saturated carbocycles. The Hall–Kier alpha value is -5.40. The summed E-state index contributed by atoms with van der Waals surface area (Å²) in [6.07, 6.45) is -1.70. The van der Waals surface area contributed by atoms with Gasteiger partial charge in [0.25, 0.3) is 0 Å². The number of carboxylic acid groups (broad SMARTS) is 1. The van der Waals surface area contributed by atoms with E-state index >= 15 is 0 Å². The Balaban J connectivity index is 1.62. The summed E-state index contributed by atoms with van der Waals surface area (Å²) in [5.41, 5.74) is 2.99. The lowest BCUT2D eigenvalue weighted by molar-refractivity contribution is 0.142. The maximum atomic E-state index is 14.1. The van der Waals surface area contributed by atoms with Crippen LogP contribution in [0.5, 0.6) is 17.4 Å². The highest BCUT2D eigenvalue weighted by Crippen LogP contribution is 2.45. The first-order chi connectivity index (χ1) is 20.1. The number of nitrogens with zero attached hydrogens (tertiary/aromatic N) is 4. The second-order valence-corrected chi connectivity index (χ2v) is 10.1. The molecule has 0 aliphatic carbocycles. The van der Waals surface area contributed by atoms with Crippen LogP contribution in [0, 0.1) is 17.1 Å². The van der Waals surface area contributed by atoms with Gasteiger partial charge in [0.15, 0.2) is 23.0 Å². The molecule has 0 aliphatic heterocycles. The number of halogens is 2. The molecule has 0 radical (unpaired) electrons. The quantitative estimate of drug-likeness (QED) is 0.103. The van der Waals surface area contributed by atoms with E-state index in [9.17, 15) is 24.7 Å². The van der Waals surface area contributed by atoms with Crippen molar-refractivity contribution in [3.8, 4) is 40.3 Å². The lowest BCUT2D eigenvalue weighted by atomic mass is 10.0. The standard InChI is InChI=1S/C31H22ClFN4O5/c1-16(2)18-4-7-21(8-5-18)37-26-11-17(15-34)3-9-22(26)28(30(37)39)36-35-25-14-20(32)13-23(29(25)38)19-6-10-24(33)27(12-19)42-31(40)41/h3-14,16,38-39H,1-2H3,(H,40,41). The van der Waals surface area contributed by atoms with Crippen LogP contribution >= 0.6 is 11.6 Å². The van der Waals surface area contributed by atoms with Gasteiger partial charge in [0.1, 0.15) is 5.69 Å². The molecule has 1 heterocycles. The van der Waals surface area contributed by atoms with E-state index in [1.165, 1.54) is 18.2 Å². The van der Waals surface area contributed by atoms with E-state index in [4.69, 9.17) is 16.7 Å². The van der Waals surface area contributed by atoms with Gasteiger partial charge in [-0.2, -0.15) is 5.26 Å². The normalized spacial score (nSPS) is 11.3. The zero-order chi connectivity index (χ0) is 30.1. The summed E-state index contributed by atoms with van der Waals surface area (Å²) in [6, 6.07) is 20.7. The molecule has 11 heteroatoms. The van der Waals surface area contributed by atoms with Crippen molar-refractivity contribution in [3.63, 3.8) is 0 Å². The predicted molar refractivity (Wildman–Crippen MR) is 155 cm³/mol. The van der Waals surface area contributed by atoms with Crippen LogP contribution in [0.25, 0.3) is 27.7 Å². The van der Waals surface area contributed by atoms with Gasteiger partial charge in [0, 0.05) is 21.7 Å². The number of phenols is 1. The Kier molecular flexibility index (Phi) is 7.53. The minimum Gasteiger partial charge on any atom is -0.505 e. The highest BCUT2D eigenvalue weighted by atomic mass is 35.5. The van der Waals surface area contributed by atoms with E-state index in [1.807, 2.05) is 24.3 Å². The minimum absolute atomic E-state index is 0.0715. The van der Waals surface area contributed by atoms with Crippen molar-refractivity contribution in [3.05, 3.63) is 94.8 Å². The fourth-order valence-electron chi connectivity index (χ4n) is 4.52. The monoisotopic (exact) mass is 584 g/mol. The molecule has 0 bridgehead atoms. The molecule has 3 N–H and O–H groups in total. The lowest BCUT2D eigenvalue weighted by Gasteiger charge is -2.10. The topological polar surface area (TPSA) is 140 Å². The van der Waals surface area contributed by atoms with E-state index in [0.29, 0.717) is 28.1 Å². The van der Waals surface area contributed by atoms with Gasteiger partial charge in [-0.1, -0.05) is 43.6 Å². The Labute approximate surface area is 243 Å². The fourth-order valence-corrected chi connectivity index (χ4v) is 4.74. The smallest absolute Gasteiger partial charge is 0.505 e. The van der Waals surface area contributed by atoms with Crippen molar-refractivity contribution >= 4 is 40.0 Å². The summed E-state index contributed by atoms with van der Waals surface area (Å²) in [5.74, 6) is -1.77. The lowest BCUT2D eigenvalue weighted by Crippen LogP contribution is -2.04. The van der Waals surface area contributed by atoms with Crippen molar-refractivity contribution in [1.82, 2.24) is 4.57 Å². The summed E-state index contributed by atoms with van der Waals surface area (Å²) in [6.45, 7) is 4.15. The Morgan fingerprint density at radius 1 is 1.02 bits per heavy atom. The highest BCUT2D eigenvalue weighted by molar-refractivity contribution is 6.31. The zero-order valence-corrected chi connectivity index (χ0v) is 23.0. The van der Waals surface area contributed by atoms with E-state index in [-0.39, 0.29) is 39.2 Å². The number of aromatic nitrogens is 1. The van der Waals surface area contributed by atoms with E-state index in [0.717, 1.165) is 17.7 Å². The number of azo groups is 1. The number of benzene rings is 4. The SMILES string of the molecule is CC(C)c1ccc(-n2c(O)c(N=Nc3cc(Cl)cc(-c4ccc(F)c(OC(=O)O)c4)c3O)c3ccc(C#N)cc32)cc1.